The van der Waals surface area contributed by atoms with Crippen LogP contribution in [0.4, 0.5) is 0 Å². The Morgan fingerprint density at radius 1 is 1.42 bits per heavy atom. The Kier molecular flexibility index (Phi) is 1.75. The third kappa shape index (κ3) is 1.07. The Hall–Kier alpha value is -1.06. The second kappa shape index (κ2) is 2.77. The average molecular weight is 168 g/mol. The van der Waals surface area contributed by atoms with Gasteiger partial charge in [0.2, 0.25) is 11.8 Å². The first-order valence-corrected chi connectivity index (χ1v) is 4.36. The number of amides is 2. The minimum absolute atomic E-state index is 0.0188. The Balaban J connectivity index is 2.08. The molecule has 0 radical (unpaired) electrons. The van der Waals surface area contributed by atoms with E-state index < -0.39 is 0 Å². The quantitative estimate of drug-likeness (QED) is 0.573. The van der Waals surface area contributed by atoms with Gasteiger partial charge in [0.1, 0.15) is 6.04 Å². The van der Waals surface area contributed by atoms with E-state index in [-0.39, 0.29) is 17.9 Å². The smallest absolute Gasteiger partial charge is 0.242 e. The Bertz CT molecular complexity index is 203. The van der Waals surface area contributed by atoms with Crippen LogP contribution in [0.2, 0.25) is 0 Å². The number of likely N-dealkylation sites (tertiary alicyclic amines) is 1. The normalized spacial score (nSPS) is 29.7. The van der Waals surface area contributed by atoms with Gasteiger partial charge in [-0.1, -0.05) is 0 Å². The number of nitrogens with one attached hydrogen (secondary N) is 1. The van der Waals surface area contributed by atoms with Crippen molar-refractivity contribution in [2.24, 2.45) is 0 Å². The Labute approximate surface area is 70.9 Å². The number of rotatable bonds is 1. The summed E-state index contributed by atoms with van der Waals surface area (Å²) in [5.74, 6) is 0.155. The molecular weight excluding hydrogens is 156 g/mol. The highest BCUT2D eigenvalue weighted by Gasteiger charge is 2.35. The maximum absolute atomic E-state index is 11.3. The third-order valence-electron chi connectivity index (χ3n) is 2.51. The molecule has 1 atom stereocenters. The molecule has 4 nitrogen and oxygen atoms in total. The van der Waals surface area contributed by atoms with Gasteiger partial charge in [-0.05, 0) is 12.8 Å². The van der Waals surface area contributed by atoms with Gasteiger partial charge in [0.15, 0.2) is 0 Å². The fourth-order valence-electron chi connectivity index (χ4n) is 1.88. The minimum Gasteiger partial charge on any atom is -0.354 e. The fraction of sp³-hybridized carbons (Fsp3) is 0.750. The molecular formula is C8H12N2O2. The molecule has 4 heteroatoms. The molecule has 2 aliphatic heterocycles. The van der Waals surface area contributed by atoms with Crippen LogP contribution in [0.1, 0.15) is 19.3 Å². The van der Waals surface area contributed by atoms with Crippen LogP contribution in [0.3, 0.4) is 0 Å². The van der Waals surface area contributed by atoms with Crippen LogP contribution in [0, 0.1) is 0 Å². The number of nitrogens with zero attached hydrogens (tertiary/aromatic N) is 1. The Morgan fingerprint density at radius 3 is 2.75 bits per heavy atom. The first kappa shape index (κ1) is 7.58. The summed E-state index contributed by atoms with van der Waals surface area (Å²) in [5.41, 5.74) is 0. The lowest BCUT2D eigenvalue weighted by molar-refractivity contribution is -0.135. The van der Waals surface area contributed by atoms with E-state index in [1.165, 1.54) is 0 Å². The van der Waals surface area contributed by atoms with Gasteiger partial charge in [-0.3, -0.25) is 9.59 Å². The summed E-state index contributed by atoms with van der Waals surface area (Å²) in [6.45, 7) is 1.48. The Morgan fingerprint density at radius 2 is 2.25 bits per heavy atom. The average Bonchev–Trinajstić information content (AvgIpc) is 2.59. The molecule has 66 valence electrons. The van der Waals surface area contributed by atoms with Crippen LogP contribution in [0.15, 0.2) is 0 Å². The number of hydrogen-bond donors (Lipinski definition) is 1. The van der Waals surface area contributed by atoms with Gasteiger partial charge in [-0.15, -0.1) is 0 Å². The van der Waals surface area contributed by atoms with Gasteiger partial charge in [0.05, 0.1) is 0 Å². The van der Waals surface area contributed by atoms with Crippen LogP contribution in [-0.4, -0.2) is 35.8 Å². The molecule has 0 aromatic heterocycles. The zero-order chi connectivity index (χ0) is 8.55. The monoisotopic (exact) mass is 168 g/mol. The zero-order valence-corrected chi connectivity index (χ0v) is 6.88. The second-order valence-electron chi connectivity index (χ2n) is 3.29. The van der Waals surface area contributed by atoms with Gasteiger partial charge in [-0.2, -0.15) is 0 Å². The molecule has 1 N–H and O–H groups in total. The van der Waals surface area contributed by atoms with E-state index in [1.54, 1.807) is 4.90 Å². The first-order valence-electron chi connectivity index (χ1n) is 4.36. The molecule has 0 spiro atoms. The molecule has 2 aliphatic rings. The van der Waals surface area contributed by atoms with Gasteiger partial charge in [-0.25, -0.2) is 0 Å². The highest BCUT2D eigenvalue weighted by atomic mass is 16.2. The summed E-state index contributed by atoms with van der Waals surface area (Å²) >= 11 is 0. The standard InChI is InChI=1S/C8H12N2O2/c11-7-2-1-5-10(7)6-3-4-9-8(6)12/h6H,1-5H2,(H,9,12). The molecule has 0 aliphatic carbocycles. The molecule has 0 aromatic carbocycles. The molecule has 12 heavy (non-hydrogen) atoms. The summed E-state index contributed by atoms with van der Waals surface area (Å²) in [7, 11) is 0. The van der Waals surface area contributed by atoms with Crippen molar-refractivity contribution in [2.75, 3.05) is 13.1 Å². The van der Waals surface area contributed by atoms with E-state index in [2.05, 4.69) is 5.32 Å². The van der Waals surface area contributed by atoms with E-state index in [1.807, 2.05) is 0 Å². The van der Waals surface area contributed by atoms with Gasteiger partial charge in [0.25, 0.3) is 0 Å². The highest BCUT2D eigenvalue weighted by molar-refractivity contribution is 5.89. The van der Waals surface area contributed by atoms with Crippen LogP contribution in [-0.2, 0) is 9.59 Å². The molecule has 2 saturated heterocycles. The van der Waals surface area contributed by atoms with Crippen molar-refractivity contribution in [1.82, 2.24) is 10.2 Å². The van der Waals surface area contributed by atoms with E-state index in [0.717, 1.165) is 19.4 Å². The van der Waals surface area contributed by atoms with Crippen molar-refractivity contribution in [3.63, 3.8) is 0 Å². The molecule has 2 fully saturated rings. The summed E-state index contributed by atoms with van der Waals surface area (Å²) in [6, 6.07) is -0.167. The summed E-state index contributed by atoms with van der Waals surface area (Å²) < 4.78 is 0. The predicted octanol–water partition coefficient (Wildman–Crippen LogP) is -0.503. The summed E-state index contributed by atoms with van der Waals surface area (Å²) in [6.07, 6.45) is 2.30. The third-order valence-corrected chi connectivity index (χ3v) is 2.51. The number of carbonyl (C=O) groups excluding carboxylic acids is 2. The van der Waals surface area contributed by atoms with E-state index in [4.69, 9.17) is 0 Å². The van der Waals surface area contributed by atoms with Crippen molar-refractivity contribution in [3.05, 3.63) is 0 Å². The lowest BCUT2D eigenvalue weighted by Gasteiger charge is -2.20. The lowest BCUT2D eigenvalue weighted by Crippen LogP contribution is -2.41. The SMILES string of the molecule is O=C1NCCC1N1CCCC1=O. The predicted molar refractivity (Wildman–Crippen MR) is 42.4 cm³/mol. The van der Waals surface area contributed by atoms with Crippen LogP contribution in [0.5, 0.6) is 0 Å². The van der Waals surface area contributed by atoms with Gasteiger partial charge in [0, 0.05) is 19.5 Å². The fourth-order valence-corrected chi connectivity index (χ4v) is 1.88. The van der Waals surface area contributed by atoms with E-state index in [0.29, 0.717) is 13.0 Å². The molecule has 0 saturated carbocycles. The first-order chi connectivity index (χ1) is 5.79. The van der Waals surface area contributed by atoms with Gasteiger partial charge >= 0.3 is 0 Å². The molecule has 2 rings (SSSR count). The molecule has 0 bridgehead atoms. The second-order valence-corrected chi connectivity index (χ2v) is 3.29. The molecule has 0 aromatic rings. The zero-order valence-electron chi connectivity index (χ0n) is 6.88. The van der Waals surface area contributed by atoms with Crippen molar-refractivity contribution >= 4 is 11.8 Å². The van der Waals surface area contributed by atoms with Crippen molar-refractivity contribution < 1.29 is 9.59 Å². The summed E-state index contributed by atoms with van der Waals surface area (Å²) in [4.78, 5) is 24.2. The lowest BCUT2D eigenvalue weighted by atomic mass is 10.2. The van der Waals surface area contributed by atoms with Crippen molar-refractivity contribution in [3.8, 4) is 0 Å². The van der Waals surface area contributed by atoms with Crippen molar-refractivity contribution in [2.45, 2.75) is 25.3 Å². The molecule has 1 unspecified atom stereocenters. The van der Waals surface area contributed by atoms with Crippen molar-refractivity contribution in [1.29, 1.82) is 0 Å². The van der Waals surface area contributed by atoms with E-state index >= 15 is 0 Å². The molecule has 2 amide bonds. The largest absolute Gasteiger partial charge is 0.354 e. The van der Waals surface area contributed by atoms with Gasteiger partial charge < -0.3 is 10.2 Å². The summed E-state index contributed by atoms with van der Waals surface area (Å²) in [5, 5.41) is 2.73. The minimum atomic E-state index is -0.167. The highest BCUT2D eigenvalue weighted by Crippen LogP contribution is 2.17. The van der Waals surface area contributed by atoms with E-state index in [9.17, 15) is 9.59 Å². The molecule has 2 heterocycles. The number of hydrogen-bond acceptors (Lipinski definition) is 2. The number of carbonyl (C=O) groups is 2. The van der Waals surface area contributed by atoms with Crippen LogP contribution < -0.4 is 5.32 Å². The topological polar surface area (TPSA) is 49.4 Å². The maximum Gasteiger partial charge on any atom is 0.242 e. The van der Waals surface area contributed by atoms with Crippen LogP contribution in [0.25, 0.3) is 0 Å². The van der Waals surface area contributed by atoms with Crippen LogP contribution >= 0.6 is 0 Å². The maximum atomic E-state index is 11.3.